The molecule has 1 N–H and O–H groups in total. The monoisotopic (exact) mass is 369 g/mol. The lowest BCUT2D eigenvalue weighted by Crippen LogP contribution is -2.24. The lowest BCUT2D eigenvalue weighted by molar-refractivity contribution is 0.502. The maximum Gasteiger partial charge on any atom is 0.123 e. The SMILES string of the molecule is Fc1ccc(Br)c(CNC2CCSc3ccc(F)cc32)c1. The highest BCUT2D eigenvalue weighted by atomic mass is 79.9. The van der Waals surface area contributed by atoms with Crippen LogP contribution < -0.4 is 5.32 Å². The third kappa shape index (κ3) is 3.47. The third-order valence-corrected chi connectivity index (χ3v) is 5.45. The Morgan fingerprint density at radius 3 is 2.76 bits per heavy atom. The first-order valence-electron chi connectivity index (χ1n) is 6.73. The van der Waals surface area contributed by atoms with Crippen LogP contribution in [0.25, 0.3) is 0 Å². The van der Waals surface area contributed by atoms with Crippen LogP contribution in [0.2, 0.25) is 0 Å². The van der Waals surface area contributed by atoms with Crippen molar-refractivity contribution in [1.29, 1.82) is 0 Å². The molecule has 5 heteroatoms. The zero-order valence-electron chi connectivity index (χ0n) is 11.2. The van der Waals surface area contributed by atoms with E-state index in [1.54, 1.807) is 23.9 Å². The van der Waals surface area contributed by atoms with Gasteiger partial charge in [0.25, 0.3) is 0 Å². The number of fused-ring (bicyclic) bond motifs is 1. The number of hydrogen-bond acceptors (Lipinski definition) is 2. The van der Waals surface area contributed by atoms with E-state index in [-0.39, 0.29) is 17.7 Å². The summed E-state index contributed by atoms with van der Waals surface area (Å²) in [5.74, 6) is 0.538. The van der Waals surface area contributed by atoms with Crippen molar-refractivity contribution in [2.24, 2.45) is 0 Å². The number of nitrogens with one attached hydrogen (secondary N) is 1. The minimum Gasteiger partial charge on any atom is -0.306 e. The molecule has 0 saturated carbocycles. The predicted octanol–water partition coefficient (Wildman–Crippen LogP) is 5.05. The van der Waals surface area contributed by atoms with E-state index in [2.05, 4.69) is 21.2 Å². The summed E-state index contributed by atoms with van der Waals surface area (Å²) >= 11 is 5.18. The largest absolute Gasteiger partial charge is 0.306 e. The summed E-state index contributed by atoms with van der Waals surface area (Å²) in [6.45, 7) is 0.545. The standard InChI is InChI=1S/C16H14BrF2NS/c17-14-3-1-11(18)7-10(14)9-20-15-5-6-21-16-4-2-12(19)8-13(15)16/h1-4,7-8,15,20H,5-6,9H2. The van der Waals surface area contributed by atoms with Crippen LogP contribution >= 0.6 is 27.7 Å². The van der Waals surface area contributed by atoms with Crippen LogP contribution in [0.15, 0.2) is 45.8 Å². The van der Waals surface area contributed by atoms with Crippen molar-refractivity contribution < 1.29 is 8.78 Å². The normalized spacial score (nSPS) is 17.6. The van der Waals surface area contributed by atoms with Gasteiger partial charge in [-0.25, -0.2) is 8.78 Å². The molecule has 21 heavy (non-hydrogen) atoms. The second-order valence-electron chi connectivity index (χ2n) is 4.99. The molecule has 0 aromatic heterocycles. The van der Waals surface area contributed by atoms with Gasteiger partial charge in [0.05, 0.1) is 0 Å². The van der Waals surface area contributed by atoms with Crippen molar-refractivity contribution in [3.63, 3.8) is 0 Å². The van der Waals surface area contributed by atoms with Crippen molar-refractivity contribution in [1.82, 2.24) is 5.32 Å². The second-order valence-corrected chi connectivity index (χ2v) is 6.98. The second kappa shape index (κ2) is 6.46. The summed E-state index contributed by atoms with van der Waals surface area (Å²) in [4.78, 5) is 1.12. The minimum absolute atomic E-state index is 0.104. The van der Waals surface area contributed by atoms with Gasteiger partial charge >= 0.3 is 0 Å². The smallest absolute Gasteiger partial charge is 0.123 e. The Labute approximate surface area is 135 Å². The van der Waals surface area contributed by atoms with Crippen molar-refractivity contribution in [3.8, 4) is 0 Å². The van der Waals surface area contributed by atoms with Gasteiger partial charge in [-0.1, -0.05) is 15.9 Å². The van der Waals surface area contributed by atoms with Crippen molar-refractivity contribution >= 4 is 27.7 Å². The van der Waals surface area contributed by atoms with Gasteiger partial charge in [-0.3, -0.25) is 0 Å². The van der Waals surface area contributed by atoms with Crippen molar-refractivity contribution in [2.75, 3.05) is 5.75 Å². The lowest BCUT2D eigenvalue weighted by Gasteiger charge is -2.26. The molecule has 0 radical (unpaired) electrons. The fraction of sp³-hybridized carbons (Fsp3) is 0.250. The van der Waals surface area contributed by atoms with E-state index < -0.39 is 0 Å². The molecule has 0 fully saturated rings. The molecule has 3 rings (SSSR count). The van der Waals surface area contributed by atoms with Crippen LogP contribution in [-0.2, 0) is 6.54 Å². The molecule has 1 unspecified atom stereocenters. The van der Waals surface area contributed by atoms with Gasteiger partial charge in [0.2, 0.25) is 0 Å². The Kier molecular flexibility index (Phi) is 4.62. The van der Waals surface area contributed by atoms with E-state index >= 15 is 0 Å². The molecular weight excluding hydrogens is 356 g/mol. The molecule has 110 valence electrons. The quantitative estimate of drug-likeness (QED) is 0.811. The summed E-state index contributed by atoms with van der Waals surface area (Å²) in [5, 5.41) is 3.41. The molecule has 0 spiro atoms. The first-order valence-corrected chi connectivity index (χ1v) is 8.51. The fourth-order valence-corrected chi connectivity index (χ4v) is 3.98. The Bertz CT molecular complexity index is 663. The first-order chi connectivity index (χ1) is 10.1. The summed E-state index contributed by atoms with van der Waals surface area (Å²) in [6, 6.07) is 9.68. The first kappa shape index (κ1) is 15.0. The van der Waals surface area contributed by atoms with Gasteiger partial charge in [-0.2, -0.15) is 0 Å². The van der Waals surface area contributed by atoms with Crippen LogP contribution in [0.4, 0.5) is 8.78 Å². The van der Waals surface area contributed by atoms with E-state index in [0.717, 1.165) is 32.7 Å². The molecule has 2 aromatic rings. The maximum absolute atomic E-state index is 13.5. The van der Waals surface area contributed by atoms with Crippen LogP contribution in [-0.4, -0.2) is 5.75 Å². The minimum atomic E-state index is -0.249. The molecule has 0 aliphatic carbocycles. The van der Waals surface area contributed by atoms with E-state index in [4.69, 9.17) is 0 Å². The Hall–Kier alpha value is -0.910. The lowest BCUT2D eigenvalue weighted by atomic mass is 10.0. The van der Waals surface area contributed by atoms with Gasteiger partial charge in [0.15, 0.2) is 0 Å². The number of benzene rings is 2. The molecule has 2 aromatic carbocycles. The molecule has 0 amide bonds. The molecule has 0 bridgehead atoms. The zero-order valence-corrected chi connectivity index (χ0v) is 13.6. The summed E-state index contributed by atoms with van der Waals surface area (Å²) in [6.07, 6.45) is 0.939. The molecule has 1 nitrogen and oxygen atoms in total. The fourth-order valence-electron chi connectivity index (χ4n) is 2.49. The molecule has 0 saturated heterocycles. The summed E-state index contributed by atoms with van der Waals surface area (Å²) < 4.78 is 27.6. The predicted molar refractivity (Wildman–Crippen MR) is 85.4 cm³/mol. The van der Waals surface area contributed by atoms with Crippen LogP contribution in [0.3, 0.4) is 0 Å². The van der Waals surface area contributed by atoms with E-state index in [9.17, 15) is 8.78 Å². The van der Waals surface area contributed by atoms with Crippen molar-refractivity contribution in [3.05, 3.63) is 63.6 Å². The molecular formula is C16H14BrF2NS. The Balaban J connectivity index is 1.78. The van der Waals surface area contributed by atoms with E-state index in [1.165, 1.54) is 18.2 Å². The van der Waals surface area contributed by atoms with Gasteiger partial charge in [0.1, 0.15) is 11.6 Å². The number of halogens is 3. The van der Waals surface area contributed by atoms with Gasteiger partial charge in [-0.15, -0.1) is 11.8 Å². The Morgan fingerprint density at radius 2 is 1.90 bits per heavy atom. The highest BCUT2D eigenvalue weighted by Gasteiger charge is 2.21. The van der Waals surface area contributed by atoms with Gasteiger partial charge in [-0.05, 0) is 59.7 Å². The Morgan fingerprint density at radius 1 is 1.14 bits per heavy atom. The maximum atomic E-state index is 13.5. The van der Waals surface area contributed by atoms with Gasteiger partial charge < -0.3 is 5.32 Å². The number of hydrogen-bond donors (Lipinski definition) is 1. The molecule has 1 atom stereocenters. The van der Waals surface area contributed by atoms with Crippen LogP contribution in [0.5, 0.6) is 0 Å². The van der Waals surface area contributed by atoms with Crippen LogP contribution in [0, 0.1) is 11.6 Å². The summed E-state index contributed by atoms with van der Waals surface area (Å²) in [5.41, 5.74) is 1.87. The topological polar surface area (TPSA) is 12.0 Å². The molecule has 1 heterocycles. The van der Waals surface area contributed by atoms with Crippen LogP contribution in [0.1, 0.15) is 23.6 Å². The number of thioether (sulfide) groups is 1. The zero-order chi connectivity index (χ0) is 14.8. The average Bonchev–Trinajstić information content (AvgIpc) is 2.48. The molecule has 1 aliphatic rings. The highest BCUT2D eigenvalue weighted by Crippen LogP contribution is 2.36. The third-order valence-electron chi connectivity index (χ3n) is 3.56. The highest BCUT2D eigenvalue weighted by molar-refractivity contribution is 9.10. The van der Waals surface area contributed by atoms with E-state index in [1.807, 2.05) is 6.07 Å². The molecule has 1 aliphatic heterocycles. The number of rotatable bonds is 3. The average molecular weight is 370 g/mol. The van der Waals surface area contributed by atoms with E-state index in [0.29, 0.717) is 6.54 Å². The van der Waals surface area contributed by atoms with Gasteiger partial charge in [0, 0.05) is 22.0 Å². The van der Waals surface area contributed by atoms with Crippen molar-refractivity contribution in [2.45, 2.75) is 23.9 Å². The summed E-state index contributed by atoms with van der Waals surface area (Å²) in [7, 11) is 0.